The smallest absolute Gasteiger partial charge is 0.0444 e. The van der Waals surface area contributed by atoms with Gasteiger partial charge in [0, 0.05) is 17.8 Å². The molecule has 0 radical (unpaired) electrons. The fraction of sp³-hybridized carbons (Fsp3) is 0.250. The highest BCUT2D eigenvalue weighted by molar-refractivity contribution is 5.88. The van der Waals surface area contributed by atoms with Crippen LogP contribution in [0.4, 0.5) is 0 Å². The first kappa shape index (κ1) is 9.00. The van der Waals surface area contributed by atoms with Gasteiger partial charge in [-0.15, -0.1) is 0 Å². The first-order valence-corrected chi connectivity index (χ1v) is 4.88. The van der Waals surface area contributed by atoms with Gasteiger partial charge in [-0.2, -0.15) is 5.10 Å². The highest BCUT2D eigenvalue weighted by Crippen LogP contribution is 2.10. The van der Waals surface area contributed by atoms with Crippen LogP contribution in [0.15, 0.2) is 47.7 Å². The van der Waals surface area contributed by atoms with Gasteiger partial charge < -0.3 is 0 Å². The lowest BCUT2D eigenvalue weighted by Crippen LogP contribution is -1.96. The third-order valence-electron chi connectivity index (χ3n) is 2.33. The fourth-order valence-corrected chi connectivity index (χ4v) is 1.56. The Kier molecular flexibility index (Phi) is 2.63. The Labute approximate surface area is 84.3 Å². The van der Waals surface area contributed by atoms with Gasteiger partial charge in [0.15, 0.2) is 0 Å². The molecule has 0 spiro atoms. The molecule has 0 aromatic heterocycles. The summed E-state index contributed by atoms with van der Waals surface area (Å²) >= 11 is 0. The van der Waals surface area contributed by atoms with Crippen LogP contribution in [0.3, 0.4) is 0 Å². The Hall–Kier alpha value is -1.57. The van der Waals surface area contributed by atoms with Gasteiger partial charge in [-0.1, -0.05) is 36.9 Å². The minimum atomic E-state index is 0.910. The predicted octanol–water partition coefficient (Wildman–Crippen LogP) is 2.48. The lowest BCUT2D eigenvalue weighted by Gasteiger charge is -1.99. The number of benzene rings is 1. The molecule has 1 aliphatic rings. The number of hydrazone groups is 1. The van der Waals surface area contributed by atoms with Gasteiger partial charge in [0.1, 0.15) is 0 Å². The molecule has 0 unspecified atom stereocenters. The van der Waals surface area contributed by atoms with Crippen LogP contribution in [-0.2, 0) is 6.42 Å². The van der Waals surface area contributed by atoms with Crippen molar-refractivity contribution in [1.29, 1.82) is 0 Å². The van der Waals surface area contributed by atoms with Crippen molar-refractivity contribution >= 4 is 5.71 Å². The number of hydrogen-bond donors (Lipinski definition) is 1. The maximum atomic E-state index is 4.20. The van der Waals surface area contributed by atoms with E-state index in [4.69, 9.17) is 0 Å². The van der Waals surface area contributed by atoms with E-state index in [9.17, 15) is 0 Å². The van der Waals surface area contributed by atoms with Crippen molar-refractivity contribution in [3.8, 4) is 0 Å². The van der Waals surface area contributed by atoms with Crippen molar-refractivity contribution in [2.45, 2.75) is 19.3 Å². The number of nitrogens with one attached hydrogen (secondary N) is 1. The molecule has 14 heavy (non-hydrogen) atoms. The summed E-state index contributed by atoms with van der Waals surface area (Å²) in [5.74, 6) is 0. The third-order valence-corrected chi connectivity index (χ3v) is 2.33. The van der Waals surface area contributed by atoms with Crippen molar-refractivity contribution in [3.63, 3.8) is 0 Å². The Morgan fingerprint density at radius 2 is 2.00 bits per heavy atom. The molecular formula is C12H14N2. The van der Waals surface area contributed by atoms with Crippen LogP contribution in [0.2, 0.25) is 0 Å². The molecule has 0 saturated carbocycles. The first-order valence-electron chi connectivity index (χ1n) is 4.88. The zero-order chi connectivity index (χ0) is 9.80. The number of rotatable bonds is 3. The number of allylic oxidation sites excluding steroid dienone is 1. The monoisotopic (exact) mass is 186 g/mol. The van der Waals surface area contributed by atoms with Crippen LogP contribution < -0.4 is 5.43 Å². The van der Waals surface area contributed by atoms with E-state index in [1.165, 1.54) is 11.3 Å². The molecule has 0 aliphatic carbocycles. The molecule has 2 rings (SSSR count). The molecule has 2 nitrogen and oxygen atoms in total. The minimum absolute atomic E-state index is 0.910. The quantitative estimate of drug-likeness (QED) is 0.770. The number of aryl methyl sites for hydroxylation is 1. The van der Waals surface area contributed by atoms with Crippen molar-refractivity contribution < 1.29 is 0 Å². The normalized spacial score (nSPS) is 15.1. The zero-order valence-electron chi connectivity index (χ0n) is 8.16. The van der Waals surface area contributed by atoms with Crippen LogP contribution in [0, 0.1) is 0 Å². The molecule has 0 fully saturated rings. The van der Waals surface area contributed by atoms with Crippen molar-refractivity contribution in [2.24, 2.45) is 5.10 Å². The van der Waals surface area contributed by atoms with Crippen LogP contribution in [-0.4, -0.2) is 5.71 Å². The summed E-state index contributed by atoms with van der Waals surface area (Å²) in [5, 5.41) is 4.20. The standard InChI is InChI=1S/C12H14N2/c1-10-9-12(14-13-10)8-7-11-5-3-2-4-6-11/h2-6,13H,1,7-9H2. The van der Waals surface area contributed by atoms with E-state index in [1.807, 2.05) is 6.07 Å². The minimum Gasteiger partial charge on any atom is -0.283 e. The molecule has 0 atom stereocenters. The average Bonchev–Trinajstić information content (AvgIpc) is 2.63. The van der Waals surface area contributed by atoms with E-state index in [0.29, 0.717) is 0 Å². The molecule has 0 amide bonds. The van der Waals surface area contributed by atoms with Crippen LogP contribution in [0.1, 0.15) is 18.4 Å². The highest BCUT2D eigenvalue weighted by Gasteiger charge is 2.08. The Bertz CT molecular complexity index is 352. The summed E-state index contributed by atoms with van der Waals surface area (Å²) in [7, 11) is 0. The number of hydrogen-bond acceptors (Lipinski definition) is 2. The molecule has 1 aromatic rings. The topological polar surface area (TPSA) is 24.4 Å². The zero-order valence-corrected chi connectivity index (χ0v) is 8.16. The second kappa shape index (κ2) is 4.09. The Balaban J connectivity index is 1.86. The fourth-order valence-electron chi connectivity index (χ4n) is 1.56. The molecule has 72 valence electrons. The van der Waals surface area contributed by atoms with Gasteiger partial charge in [0.05, 0.1) is 0 Å². The van der Waals surface area contributed by atoms with Gasteiger partial charge in [0.2, 0.25) is 0 Å². The molecular weight excluding hydrogens is 172 g/mol. The summed E-state index contributed by atoms with van der Waals surface area (Å²) in [6.07, 6.45) is 3.00. The van der Waals surface area contributed by atoms with Crippen LogP contribution >= 0.6 is 0 Å². The summed E-state index contributed by atoms with van der Waals surface area (Å²) < 4.78 is 0. The summed E-state index contributed by atoms with van der Waals surface area (Å²) in [5.41, 5.74) is 6.48. The van der Waals surface area contributed by atoms with Gasteiger partial charge in [-0.25, -0.2) is 0 Å². The van der Waals surface area contributed by atoms with Gasteiger partial charge in [-0.05, 0) is 18.4 Å². The van der Waals surface area contributed by atoms with Crippen LogP contribution in [0.5, 0.6) is 0 Å². The van der Waals surface area contributed by atoms with E-state index >= 15 is 0 Å². The average molecular weight is 186 g/mol. The summed E-state index contributed by atoms with van der Waals surface area (Å²) in [4.78, 5) is 0. The maximum Gasteiger partial charge on any atom is 0.0444 e. The van der Waals surface area contributed by atoms with E-state index in [0.717, 1.165) is 25.0 Å². The second-order valence-corrected chi connectivity index (χ2v) is 3.56. The second-order valence-electron chi connectivity index (χ2n) is 3.56. The van der Waals surface area contributed by atoms with Crippen molar-refractivity contribution in [1.82, 2.24) is 5.43 Å². The summed E-state index contributed by atoms with van der Waals surface area (Å²) in [6, 6.07) is 10.5. The molecule has 1 aromatic carbocycles. The molecule has 1 N–H and O–H groups in total. The molecule has 1 aliphatic heterocycles. The molecule has 0 saturated heterocycles. The van der Waals surface area contributed by atoms with Gasteiger partial charge in [0.25, 0.3) is 0 Å². The van der Waals surface area contributed by atoms with E-state index in [2.05, 4.69) is 41.4 Å². The summed E-state index contributed by atoms with van der Waals surface area (Å²) in [6.45, 7) is 3.83. The molecule has 1 heterocycles. The maximum absolute atomic E-state index is 4.20. The van der Waals surface area contributed by atoms with E-state index in [-0.39, 0.29) is 0 Å². The lowest BCUT2D eigenvalue weighted by atomic mass is 10.1. The Morgan fingerprint density at radius 1 is 1.21 bits per heavy atom. The largest absolute Gasteiger partial charge is 0.283 e. The highest BCUT2D eigenvalue weighted by atomic mass is 15.3. The van der Waals surface area contributed by atoms with Crippen molar-refractivity contribution in [2.75, 3.05) is 0 Å². The molecule has 0 bridgehead atoms. The number of nitrogens with zero attached hydrogens (tertiary/aromatic N) is 1. The Morgan fingerprint density at radius 3 is 2.64 bits per heavy atom. The van der Waals surface area contributed by atoms with Crippen molar-refractivity contribution in [3.05, 3.63) is 48.2 Å². The van der Waals surface area contributed by atoms with E-state index < -0.39 is 0 Å². The third kappa shape index (κ3) is 2.22. The SMILES string of the molecule is C=C1CC(CCc2ccccc2)=NN1. The van der Waals surface area contributed by atoms with Gasteiger partial charge >= 0.3 is 0 Å². The van der Waals surface area contributed by atoms with Gasteiger partial charge in [-0.3, -0.25) is 5.43 Å². The molecule has 2 heteroatoms. The van der Waals surface area contributed by atoms with E-state index in [1.54, 1.807) is 0 Å². The van der Waals surface area contributed by atoms with Crippen LogP contribution in [0.25, 0.3) is 0 Å². The predicted molar refractivity (Wildman–Crippen MR) is 59.1 cm³/mol. The first-order chi connectivity index (χ1) is 6.84. The lowest BCUT2D eigenvalue weighted by molar-refractivity contribution is 0.928.